The van der Waals surface area contributed by atoms with E-state index in [0.29, 0.717) is 0 Å². The summed E-state index contributed by atoms with van der Waals surface area (Å²) in [6, 6.07) is 0. The average Bonchev–Trinajstić information content (AvgIpc) is 2.14. The summed E-state index contributed by atoms with van der Waals surface area (Å²) < 4.78 is 0.107. The zero-order chi connectivity index (χ0) is 12.3. The van der Waals surface area contributed by atoms with E-state index in [1.54, 1.807) is 21.0 Å². The number of hydrogen-bond donors (Lipinski definition) is 4. The average molecular weight is 243 g/mol. The number of alkyl halides is 1. The van der Waals surface area contributed by atoms with Gasteiger partial charge in [-0.25, -0.2) is 0 Å². The van der Waals surface area contributed by atoms with E-state index in [1.807, 2.05) is 0 Å². The van der Waals surface area contributed by atoms with Crippen molar-refractivity contribution in [2.24, 2.45) is 0 Å². The van der Waals surface area contributed by atoms with Gasteiger partial charge in [-0.3, -0.25) is 0 Å². The van der Waals surface area contributed by atoms with E-state index in [1.165, 1.54) is 0 Å². The fourth-order valence-electron chi connectivity index (χ4n) is 1.35. The molecule has 0 amide bonds. The van der Waals surface area contributed by atoms with Crippen LogP contribution in [-0.4, -0.2) is 76.0 Å². The number of aliphatic hydroxyl groups excluding tert-OH is 4. The van der Waals surface area contributed by atoms with E-state index in [4.69, 9.17) is 16.7 Å². The molecule has 0 bridgehead atoms. The molecule has 6 heteroatoms. The molecule has 0 heterocycles. The molecule has 0 aliphatic heterocycles. The van der Waals surface area contributed by atoms with E-state index in [-0.39, 0.29) is 24.2 Å². The molecule has 0 aromatic heterocycles. The predicted octanol–water partition coefficient (Wildman–Crippen LogP) is -1.28. The van der Waals surface area contributed by atoms with Crippen molar-refractivity contribution in [2.75, 3.05) is 33.9 Å². The Morgan fingerprint density at radius 2 is 1.73 bits per heavy atom. The summed E-state index contributed by atoms with van der Waals surface area (Å²) in [7, 11) is 3.45. The minimum absolute atomic E-state index is 0.107. The number of halogens is 1. The van der Waals surface area contributed by atoms with Crippen LogP contribution in [0.2, 0.25) is 0 Å². The lowest BCUT2D eigenvalue weighted by atomic mass is 9.99. The molecule has 3 unspecified atom stereocenters. The van der Waals surface area contributed by atoms with Gasteiger partial charge in [0.1, 0.15) is 19.3 Å². The number of aliphatic hydroxyl groups is 4. The standard InChI is InChI=1S/C9H21ClNO4/c1-9(6-13,8(10)15)11(2,3)4-7(14)5-12/h7-8,12-15H,4-6H2,1-3H3/q+1. The van der Waals surface area contributed by atoms with Crippen molar-refractivity contribution in [2.45, 2.75) is 24.1 Å². The minimum Gasteiger partial charge on any atom is -0.393 e. The summed E-state index contributed by atoms with van der Waals surface area (Å²) >= 11 is 5.63. The molecule has 5 nitrogen and oxygen atoms in total. The molecule has 92 valence electrons. The van der Waals surface area contributed by atoms with Gasteiger partial charge in [0.15, 0.2) is 11.1 Å². The maximum absolute atomic E-state index is 9.44. The van der Waals surface area contributed by atoms with Crippen LogP contribution in [0.3, 0.4) is 0 Å². The van der Waals surface area contributed by atoms with Gasteiger partial charge in [-0.05, 0) is 6.92 Å². The van der Waals surface area contributed by atoms with Crippen LogP contribution in [0.1, 0.15) is 6.92 Å². The molecule has 0 aromatic carbocycles. The fourth-order valence-corrected chi connectivity index (χ4v) is 1.68. The van der Waals surface area contributed by atoms with Gasteiger partial charge in [0, 0.05) is 0 Å². The third-order valence-electron chi connectivity index (χ3n) is 3.09. The van der Waals surface area contributed by atoms with Gasteiger partial charge in [-0.15, -0.1) is 0 Å². The highest BCUT2D eigenvalue weighted by atomic mass is 35.5. The number of quaternary nitrogens is 1. The molecule has 0 saturated heterocycles. The molecule has 0 radical (unpaired) electrons. The Morgan fingerprint density at radius 1 is 1.27 bits per heavy atom. The third-order valence-corrected chi connectivity index (χ3v) is 3.56. The molecule has 15 heavy (non-hydrogen) atoms. The Kier molecular flexibility index (Phi) is 5.46. The first-order valence-electron chi connectivity index (χ1n) is 4.76. The Hall–Kier alpha value is 0.0900. The van der Waals surface area contributed by atoms with Crippen LogP contribution in [0.25, 0.3) is 0 Å². The van der Waals surface area contributed by atoms with Crippen molar-refractivity contribution in [1.29, 1.82) is 0 Å². The first-order chi connectivity index (χ1) is 6.71. The van der Waals surface area contributed by atoms with Crippen molar-refractivity contribution in [3.63, 3.8) is 0 Å². The molecular weight excluding hydrogens is 222 g/mol. The van der Waals surface area contributed by atoms with Crippen molar-refractivity contribution in [3.05, 3.63) is 0 Å². The van der Waals surface area contributed by atoms with Gasteiger partial charge >= 0.3 is 0 Å². The van der Waals surface area contributed by atoms with E-state index in [0.717, 1.165) is 0 Å². The van der Waals surface area contributed by atoms with Crippen LogP contribution in [0.15, 0.2) is 0 Å². The minimum atomic E-state index is -1.23. The van der Waals surface area contributed by atoms with Gasteiger partial charge in [0.25, 0.3) is 0 Å². The Balaban J connectivity index is 4.80. The van der Waals surface area contributed by atoms with E-state index in [2.05, 4.69) is 0 Å². The molecule has 0 saturated carbocycles. The summed E-state index contributed by atoms with van der Waals surface area (Å²) in [5.41, 5.74) is -2.22. The summed E-state index contributed by atoms with van der Waals surface area (Å²) in [4.78, 5) is 0. The second-order valence-electron chi connectivity index (χ2n) is 4.56. The molecular formula is C9H21ClNO4+. The molecule has 0 rings (SSSR count). The third kappa shape index (κ3) is 3.27. The van der Waals surface area contributed by atoms with Crippen molar-refractivity contribution < 1.29 is 24.9 Å². The van der Waals surface area contributed by atoms with Gasteiger partial charge in [0.05, 0.1) is 20.7 Å². The van der Waals surface area contributed by atoms with Crippen LogP contribution < -0.4 is 0 Å². The summed E-state index contributed by atoms with van der Waals surface area (Å²) in [6.07, 6.45) is -0.902. The normalized spacial score (nSPS) is 20.8. The number of nitrogens with zero attached hydrogens (tertiary/aromatic N) is 1. The lowest BCUT2D eigenvalue weighted by Crippen LogP contribution is -2.66. The van der Waals surface area contributed by atoms with Gasteiger partial charge < -0.3 is 24.9 Å². The molecule has 3 atom stereocenters. The number of rotatable bonds is 6. The molecule has 0 aliphatic carbocycles. The van der Waals surface area contributed by atoms with Crippen LogP contribution in [0.4, 0.5) is 0 Å². The molecule has 4 N–H and O–H groups in total. The van der Waals surface area contributed by atoms with Crippen LogP contribution in [-0.2, 0) is 0 Å². The molecule has 0 spiro atoms. The summed E-state index contributed by atoms with van der Waals surface area (Å²) in [6.45, 7) is 1.14. The summed E-state index contributed by atoms with van der Waals surface area (Å²) in [5, 5.41) is 36.8. The Morgan fingerprint density at radius 3 is 2.00 bits per heavy atom. The van der Waals surface area contributed by atoms with Gasteiger partial charge in [-0.2, -0.15) is 0 Å². The zero-order valence-electron chi connectivity index (χ0n) is 9.39. The van der Waals surface area contributed by atoms with Gasteiger partial charge in [-0.1, -0.05) is 11.6 Å². The first-order valence-corrected chi connectivity index (χ1v) is 5.20. The lowest BCUT2D eigenvalue weighted by molar-refractivity contribution is -0.945. The Labute approximate surface area is 95.1 Å². The van der Waals surface area contributed by atoms with Crippen molar-refractivity contribution in [1.82, 2.24) is 0 Å². The Bertz CT molecular complexity index is 201. The van der Waals surface area contributed by atoms with E-state index < -0.39 is 17.2 Å². The maximum atomic E-state index is 9.44. The quantitative estimate of drug-likeness (QED) is 0.346. The molecule has 0 aromatic rings. The number of hydrogen-bond acceptors (Lipinski definition) is 4. The highest BCUT2D eigenvalue weighted by Crippen LogP contribution is 2.26. The van der Waals surface area contributed by atoms with Gasteiger partial charge in [0.2, 0.25) is 0 Å². The van der Waals surface area contributed by atoms with Crippen LogP contribution in [0, 0.1) is 0 Å². The first kappa shape index (κ1) is 15.1. The highest BCUT2D eigenvalue weighted by molar-refractivity contribution is 6.20. The predicted molar refractivity (Wildman–Crippen MR) is 57.4 cm³/mol. The second-order valence-corrected chi connectivity index (χ2v) is 4.97. The fraction of sp³-hybridized carbons (Fsp3) is 1.00. The smallest absolute Gasteiger partial charge is 0.184 e. The highest BCUT2D eigenvalue weighted by Gasteiger charge is 2.47. The number of likely N-dealkylation sites (N-methyl/N-ethyl adjacent to an activating group) is 1. The van der Waals surface area contributed by atoms with E-state index >= 15 is 0 Å². The SMILES string of the molecule is CC(CO)(C(O)Cl)[N+](C)(C)CC(O)CO. The zero-order valence-corrected chi connectivity index (χ0v) is 10.1. The second kappa shape index (κ2) is 5.43. The molecule has 0 aliphatic rings. The van der Waals surface area contributed by atoms with E-state index in [9.17, 15) is 15.3 Å². The maximum Gasteiger partial charge on any atom is 0.184 e. The topological polar surface area (TPSA) is 80.9 Å². The van der Waals surface area contributed by atoms with Crippen molar-refractivity contribution in [3.8, 4) is 0 Å². The lowest BCUT2D eigenvalue weighted by Gasteiger charge is -2.47. The summed E-state index contributed by atoms with van der Waals surface area (Å²) in [5.74, 6) is 0. The van der Waals surface area contributed by atoms with Crippen LogP contribution in [0.5, 0.6) is 0 Å². The van der Waals surface area contributed by atoms with Crippen LogP contribution >= 0.6 is 11.6 Å². The monoisotopic (exact) mass is 242 g/mol. The molecule has 0 fully saturated rings. The largest absolute Gasteiger partial charge is 0.393 e. The van der Waals surface area contributed by atoms with Crippen molar-refractivity contribution >= 4 is 11.6 Å².